The summed E-state index contributed by atoms with van der Waals surface area (Å²) in [6, 6.07) is 12.9. The Morgan fingerprint density at radius 1 is 1.20 bits per heavy atom. The highest BCUT2D eigenvalue weighted by atomic mass is 35.5. The maximum atomic E-state index is 13.7. The first-order valence-corrected chi connectivity index (χ1v) is 15.2. The molecule has 4 aromatic rings. The van der Waals surface area contributed by atoms with Gasteiger partial charge in [-0.2, -0.15) is 10.4 Å². The van der Waals surface area contributed by atoms with E-state index in [-0.39, 0.29) is 28.1 Å². The van der Waals surface area contributed by atoms with Gasteiger partial charge in [-0.25, -0.2) is 18.2 Å². The van der Waals surface area contributed by atoms with Gasteiger partial charge in [0, 0.05) is 35.3 Å². The lowest BCUT2D eigenvalue weighted by atomic mass is 10.1. The fourth-order valence-electron chi connectivity index (χ4n) is 4.05. The van der Waals surface area contributed by atoms with E-state index in [2.05, 4.69) is 15.4 Å². The zero-order valence-electron chi connectivity index (χ0n) is 22.2. The molecule has 0 atom stereocenters. The number of anilines is 1. The molecule has 1 saturated heterocycles. The van der Waals surface area contributed by atoms with Gasteiger partial charge in [0.15, 0.2) is 5.82 Å². The van der Waals surface area contributed by atoms with E-state index < -0.39 is 21.7 Å². The lowest BCUT2D eigenvalue weighted by molar-refractivity contribution is 0.0608. The number of ether oxygens (including phenoxy) is 2. The van der Waals surface area contributed by atoms with Crippen molar-refractivity contribution >= 4 is 44.9 Å². The Labute approximate surface area is 246 Å². The third kappa shape index (κ3) is 5.91. The molecule has 212 valence electrons. The molecule has 0 radical (unpaired) electrons. The molecule has 0 bridgehead atoms. The molecule has 0 unspecified atom stereocenters. The van der Waals surface area contributed by atoms with E-state index in [0.717, 1.165) is 36.2 Å². The monoisotopic (exact) mass is 612 g/mol. The van der Waals surface area contributed by atoms with E-state index >= 15 is 0 Å². The van der Waals surface area contributed by atoms with Gasteiger partial charge < -0.3 is 14.8 Å². The van der Waals surface area contributed by atoms with Crippen molar-refractivity contribution in [2.75, 3.05) is 17.4 Å². The summed E-state index contributed by atoms with van der Waals surface area (Å²) < 4.78 is 41.3. The average molecular weight is 613 g/mol. The molecule has 0 spiro atoms. The Morgan fingerprint density at radius 2 is 1.95 bits per heavy atom. The highest BCUT2D eigenvalue weighted by Crippen LogP contribution is 2.38. The van der Waals surface area contributed by atoms with Gasteiger partial charge in [0.05, 0.1) is 27.7 Å². The number of aromatic nitrogens is 3. The molecular weight excluding hydrogens is 588 g/mol. The average Bonchev–Trinajstić information content (AvgIpc) is 3.56. The summed E-state index contributed by atoms with van der Waals surface area (Å²) in [6.07, 6.45) is 0.573. The van der Waals surface area contributed by atoms with E-state index in [0.29, 0.717) is 20.6 Å². The van der Waals surface area contributed by atoms with Crippen LogP contribution in [0.2, 0.25) is 5.02 Å². The lowest BCUT2D eigenvalue weighted by Crippen LogP contribution is -2.44. The van der Waals surface area contributed by atoms with Crippen molar-refractivity contribution < 1.29 is 22.7 Å². The summed E-state index contributed by atoms with van der Waals surface area (Å²) in [5, 5.41) is 19.5. The molecule has 0 aliphatic carbocycles. The molecule has 1 N–H and O–H groups in total. The van der Waals surface area contributed by atoms with E-state index in [4.69, 9.17) is 21.1 Å². The summed E-state index contributed by atoms with van der Waals surface area (Å²) in [5.74, 6) is 0.393. The molecule has 1 fully saturated rings. The zero-order chi connectivity index (χ0) is 29.4. The second kappa shape index (κ2) is 11.1. The van der Waals surface area contributed by atoms with Gasteiger partial charge in [-0.05, 0) is 63.2 Å². The molecule has 1 aliphatic rings. The first-order chi connectivity index (χ1) is 19.5. The van der Waals surface area contributed by atoms with Crippen LogP contribution in [-0.2, 0) is 14.8 Å². The van der Waals surface area contributed by atoms with Gasteiger partial charge in [-0.15, -0.1) is 15.6 Å². The van der Waals surface area contributed by atoms with Crippen molar-refractivity contribution in [2.24, 2.45) is 0 Å². The maximum absolute atomic E-state index is 13.7. The highest BCUT2D eigenvalue weighted by molar-refractivity contribution is 7.93. The fraction of sp³-hybridized carbons (Fsp3) is 0.259. The molecule has 1 amide bonds. The van der Waals surface area contributed by atoms with Crippen molar-refractivity contribution in [3.05, 3.63) is 70.1 Å². The minimum Gasteiger partial charge on any atom is -0.455 e. The number of benzene rings is 2. The molecule has 0 saturated carbocycles. The predicted octanol–water partition coefficient (Wildman–Crippen LogP) is 5.60. The molecule has 11 nitrogen and oxygen atoms in total. The summed E-state index contributed by atoms with van der Waals surface area (Å²) in [6.45, 7) is 6.43. The van der Waals surface area contributed by atoms with Crippen LogP contribution in [0.1, 0.15) is 32.4 Å². The Morgan fingerprint density at radius 3 is 2.59 bits per heavy atom. The molecule has 1 aliphatic heterocycles. The van der Waals surface area contributed by atoms with Crippen LogP contribution in [0, 0.1) is 11.3 Å². The third-order valence-corrected chi connectivity index (χ3v) is 8.49. The molecule has 2 aromatic heterocycles. The largest absolute Gasteiger partial charge is 0.455 e. The van der Waals surface area contributed by atoms with Gasteiger partial charge in [-0.1, -0.05) is 11.6 Å². The van der Waals surface area contributed by atoms with Crippen molar-refractivity contribution in [2.45, 2.75) is 37.3 Å². The summed E-state index contributed by atoms with van der Waals surface area (Å²) >= 11 is 7.44. The molecule has 5 rings (SSSR count). The number of amides is 1. The summed E-state index contributed by atoms with van der Waals surface area (Å²) in [4.78, 5) is 16.7. The zero-order valence-corrected chi connectivity index (χ0v) is 24.6. The van der Waals surface area contributed by atoms with E-state index in [1.807, 2.05) is 16.8 Å². The number of halogens is 1. The van der Waals surface area contributed by atoms with Gasteiger partial charge >= 0.3 is 6.09 Å². The van der Waals surface area contributed by atoms with Crippen molar-refractivity contribution in [3.63, 3.8) is 0 Å². The van der Waals surface area contributed by atoms with E-state index in [9.17, 15) is 18.5 Å². The van der Waals surface area contributed by atoms with Gasteiger partial charge in [0.1, 0.15) is 23.2 Å². The van der Waals surface area contributed by atoms with Crippen molar-refractivity contribution in [1.82, 2.24) is 20.1 Å². The molecule has 14 heteroatoms. The molecule has 3 heterocycles. The Balaban J connectivity index is 1.51. The molecule has 41 heavy (non-hydrogen) atoms. The number of carbonyl (C=O) groups is 1. The van der Waals surface area contributed by atoms with Crippen LogP contribution in [0.15, 0.2) is 64.4 Å². The molecular formula is C27H25ClN6O5S2. The minimum absolute atomic E-state index is 0.0638. The van der Waals surface area contributed by atoms with Crippen LogP contribution < -0.4 is 14.4 Å². The number of rotatable bonds is 7. The van der Waals surface area contributed by atoms with Gasteiger partial charge in [0.25, 0.3) is 10.0 Å². The number of hydrogen-bond donors (Lipinski definition) is 1. The minimum atomic E-state index is -4.52. The topological polar surface area (TPSA) is 139 Å². The second-order valence-corrected chi connectivity index (χ2v) is 13.0. The predicted molar refractivity (Wildman–Crippen MR) is 154 cm³/mol. The van der Waals surface area contributed by atoms with Crippen LogP contribution >= 0.6 is 22.9 Å². The number of carbonyl (C=O) groups excluding carboxylic acids is 1. The highest BCUT2D eigenvalue weighted by Gasteiger charge is 2.36. The normalized spacial score (nSPS) is 13.7. The van der Waals surface area contributed by atoms with Crippen molar-refractivity contribution in [1.29, 1.82) is 5.26 Å². The fourth-order valence-corrected chi connectivity index (χ4v) is 6.10. The number of thiazole rings is 1. The Bertz CT molecular complexity index is 1740. The smallest absolute Gasteiger partial charge is 0.430 e. The number of nitrogens with one attached hydrogen (secondary N) is 1. The Kier molecular flexibility index (Phi) is 7.76. The number of nitrogens with zero attached hydrogens (tertiary/aromatic N) is 5. The lowest BCUT2D eigenvalue weighted by Gasteiger charge is -2.29. The van der Waals surface area contributed by atoms with Gasteiger partial charge in [-0.3, -0.25) is 4.68 Å². The number of nitriles is 1. The third-order valence-electron chi connectivity index (χ3n) is 6.01. The van der Waals surface area contributed by atoms with Crippen LogP contribution in [0.5, 0.6) is 11.5 Å². The second-order valence-electron chi connectivity index (χ2n) is 10.1. The van der Waals surface area contributed by atoms with Gasteiger partial charge in [0.2, 0.25) is 0 Å². The van der Waals surface area contributed by atoms with Crippen LogP contribution in [-0.4, -0.2) is 48.0 Å². The van der Waals surface area contributed by atoms with Crippen LogP contribution in [0.3, 0.4) is 0 Å². The van der Waals surface area contributed by atoms with E-state index in [1.165, 1.54) is 23.0 Å². The van der Waals surface area contributed by atoms with Crippen LogP contribution in [0.25, 0.3) is 11.3 Å². The summed E-state index contributed by atoms with van der Waals surface area (Å²) in [7, 11) is -4.52. The number of hydrogen-bond acceptors (Lipinski definition) is 10. The van der Waals surface area contributed by atoms with E-state index in [1.54, 1.807) is 45.2 Å². The first kappa shape index (κ1) is 28.6. The maximum Gasteiger partial charge on any atom is 0.430 e. The molecule has 2 aromatic carbocycles. The Hall–Kier alpha value is -3.96. The number of sulfonamides is 1. The standard InChI is InChI=1S/C27H25ClN6O5S2/c1-27(2,3)39-26(35)34(25-15-40-16-31-25)41(36,37)20-5-7-23(17(10-20)12-29)38-24-6-4-18(28)11-21(24)22-8-9-32-33(22)19-13-30-14-19/h4-11,15-16,19,30H,13-14H2,1-3H3. The SMILES string of the molecule is CC(C)(C)OC(=O)N(c1cscn1)S(=O)(=O)c1ccc(Oc2ccc(Cl)cc2-c2ccnn2C2CNC2)c(C#N)c1. The quantitative estimate of drug-likeness (QED) is 0.282. The van der Waals surface area contributed by atoms with Crippen molar-refractivity contribution in [3.8, 4) is 28.8 Å². The summed E-state index contributed by atoms with van der Waals surface area (Å²) in [5.41, 5.74) is 1.81. The first-order valence-electron chi connectivity index (χ1n) is 12.4. The van der Waals surface area contributed by atoms with Crippen LogP contribution in [0.4, 0.5) is 10.6 Å².